The molecular formula is C19H26N4O2. The molecular weight excluding hydrogens is 316 g/mol. The van der Waals surface area contributed by atoms with Crippen LogP contribution in [-0.2, 0) is 9.59 Å². The zero-order valence-electron chi connectivity index (χ0n) is 14.8. The number of piperidine rings is 1. The van der Waals surface area contributed by atoms with Crippen molar-refractivity contribution in [3.05, 3.63) is 29.8 Å². The molecule has 134 valence electrons. The maximum atomic E-state index is 11.9. The standard InChI is InChI=1S/C19H26N4O2/c1-14-6-8-15(9-7-14)20-18(24)19(25)22-21-16-10-12-23(13-11-16)17-4-2-3-5-17/h6-9,17H,2-5,10-13H2,1H3,(H,20,24)(H,22,25). The molecule has 0 radical (unpaired) electrons. The Hall–Kier alpha value is -2.21. The smallest absolute Gasteiger partial charge is 0.318 e. The normalized spacial score (nSPS) is 18.8. The van der Waals surface area contributed by atoms with Crippen molar-refractivity contribution < 1.29 is 9.59 Å². The number of anilines is 1. The third-order valence-corrected chi connectivity index (χ3v) is 5.05. The molecule has 1 saturated carbocycles. The molecule has 0 bridgehead atoms. The van der Waals surface area contributed by atoms with Crippen molar-refractivity contribution in [2.45, 2.75) is 51.5 Å². The molecule has 3 rings (SSSR count). The molecule has 6 heteroatoms. The molecule has 2 amide bonds. The fourth-order valence-electron chi connectivity index (χ4n) is 3.53. The molecule has 1 aromatic carbocycles. The van der Waals surface area contributed by atoms with Gasteiger partial charge in [-0.25, -0.2) is 5.43 Å². The Morgan fingerprint density at radius 1 is 1.04 bits per heavy atom. The molecule has 0 atom stereocenters. The molecule has 1 saturated heterocycles. The van der Waals surface area contributed by atoms with E-state index >= 15 is 0 Å². The Labute approximate surface area is 148 Å². The van der Waals surface area contributed by atoms with Crippen LogP contribution in [0.4, 0.5) is 5.69 Å². The lowest BCUT2D eigenvalue weighted by Gasteiger charge is -2.32. The van der Waals surface area contributed by atoms with E-state index in [1.807, 2.05) is 19.1 Å². The number of amides is 2. The Morgan fingerprint density at radius 2 is 1.68 bits per heavy atom. The summed E-state index contributed by atoms with van der Waals surface area (Å²) in [5.41, 5.74) is 5.05. The topological polar surface area (TPSA) is 73.8 Å². The number of benzene rings is 1. The zero-order valence-corrected chi connectivity index (χ0v) is 14.8. The van der Waals surface area contributed by atoms with Crippen LogP contribution in [0.3, 0.4) is 0 Å². The predicted molar refractivity (Wildman–Crippen MR) is 98.4 cm³/mol. The van der Waals surface area contributed by atoms with E-state index in [1.54, 1.807) is 12.1 Å². The van der Waals surface area contributed by atoms with E-state index in [2.05, 4.69) is 20.7 Å². The molecule has 0 aromatic heterocycles. The van der Waals surface area contributed by atoms with Gasteiger partial charge in [-0.3, -0.25) is 14.5 Å². The average Bonchev–Trinajstić information content (AvgIpc) is 3.16. The molecule has 0 unspecified atom stereocenters. The first-order valence-corrected chi connectivity index (χ1v) is 9.09. The molecule has 25 heavy (non-hydrogen) atoms. The van der Waals surface area contributed by atoms with E-state index in [1.165, 1.54) is 25.7 Å². The second-order valence-electron chi connectivity index (χ2n) is 6.91. The zero-order chi connectivity index (χ0) is 17.6. The fraction of sp³-hybridized carbons (Fsp3) is 0.526. The van der Waals surface area contributed by atoms with E-state index in [-0.39, 0.29) is 0 Å². The number of hydrazone groups is 1. The maximum absolute atomic E-state index is 11.9. The van der Waals surface area contributed by atoms with Crippen LogP contribution in [0.5, 0.6) is 0 Å². The van der Waals surface area contributed by atoms with Crippen molar-refractivity contribution in [1.29, 1.82) is 0 Å². The first-order valence-electron chi connectivity index (χ1n) is 9.09. The van der Waals surface area contributed by atoms with Gasteiger partial charge in [0.15, 0.2) is 0 Å². The van der Waals surface area contributed by atoms with Crippen LogP contribution < -0.4 is 10.7 Å². The van der Waals surface area contributed by atoms with Gasteiger partial charge in [0.1, 0.15) is 0 Å². The highest BCUT2D eigenvalue weighted by Crippen LogP contribution is 2.25. The summed E-state index contributed by atoms with van der Waals surface area (Å²) < 4.78 is 0. The van der Waals surface area contributed by atoms with Crippen molar-refractivity contribution in [2.75, 3.05) is 18.4 Å². The van der Waals surface area contributed by atoms with Crippen LogP contribution in [-0.4, -0.2) is 41.6 Å². The number of aryl methyl sites for hydroxylation is 1. The minimum Gasteiger partial charge on any atom is -0.318 e. The van der Waals surface area contributed by atoms with Crippen LogP contribution in [0.25, 0.3) is 0 Å². The number of hydrogen-bond acceptors (Lipinski definition) is 4. The quantitative estimate of drug-likeness (QED) is 0.654. The molecule has 1 aliphatic carbocycles. The second-order valence-corrected chi connectivity index (χ2v) is 6.91. The molecule has 2 aliphatic rings. The third kappa shape index (κ3) is 4.89. The van der Waals surface area contributed by atoms with Gasteiger partial charge in [-0.2, -0.15) is 5.10 Å². The van der Waals surface area contributed by atoms with Crippen molar-refractivity contribution in [3.8, 4) is 0 Å². The molecule has 1 aliphatic heterocycles. The summed E-state index contributed by atoms with van der Waals surface area (Å²) in [6.07, 6.45) is 7.01. The summed E-state index contributed by atoms with van der Waals surface area (Å²) in [5.74, 6) is -1.43. The van der Waals surface area contributed by atoms with Gasteiger partial charge in [0.05, 0.1) is 0 Å². The highest BCUT2D eigenvalue weighted by molar-refractivity contribution is 6.39. The van der Waals surface area contributed by atoms with Crippen LogP contribution in [0.15, 0.2) is 29.4 Å². The highest BCUT2D eigenvalue weighted by Gasteiger charge is 2.25. The number of carbonyl (C=O) groups is 2. The summed E-state index contributed by atoms with van der Waals surface area (Å²) in [6.45, 7) is 3.95. The Bertz CT molecular complexity index is 638. The fourth-order valence-corrected chi connectivity index (χ4v) is 3.53. The number of nitrogens with one attached hydrogen (secondary N) is 2. The van der Waals surface area contributed by atoms with Crippen molar-refractivity contribution >= 4 is 23.2 Å². The van der Waals surface area contributed by atoms with Gasteiger partial charge in [0, 0.05) is 43.4 Å². The Morgan fingerprint density at radius 3 is 2.32 bits per heavy atom. The average molecular weight is 342 g/mol. The monoisotopic (exact) mass is 342 g/mol. The van der Waals surface area contributed by atoms with Gasteiger partial charge in [0.2, 0.25) is 0 Å². The van der Waals surface area contributed by atoms with Crippen LogP contribution in [0.1, 0.15) is 44.1 Å². The SMILES string of the molecule is Cc1ccc(NC(=O)C(=O)NN=C2CCN(C3CCCC3)CC2)cc1. The number of likely N-dealkylation sites (tertiary alicyclic amines) is 1. The van der Waals surface area contributed by atoms with Crippen molar-refractivity contribution in [1.82, 2.24) is 10.3 Å². The van der Waals surface area contributed by atoms with E-state index < -0.39 is 11.8 Å². The molecule has 1 heterocycles. The third-order valence-electron chi connectivity index (χ3n) is 5.05. The summed E-state index contributed by atoms with van der Waals surface area (Å²) in [5, 5.41) is 6.72. The van der Waals surface area contributed by atoms with Crippen molar-refractivity contribution in [3.63, 3.8) is 0 Å². The second kappa shape index (κ2) is 8.25. The molecule has 1 aromatic rings. The van der Waals surface area contributed by atoms with Crippen molar-refractivity contribution in [2.24, 2.45) is 5.10 Å². The number of nitrogens with zero attached hydrogens (tertiary/aromatic N) is 2. The molecule has 6 nitrogen and oxygen atoms in total. The number of hydrogen-bond donors (Lipinski definition) is 2. The van der Waals surface area contributed by atoms with Crippen LogP contribution >= 0.6 is 0 Å². The molecule has 2 N–H and O–H groups in total. The highest BCUT2D eigenvalue weighted by atomic mass is 16.2. The maximum Gasteiger partial charge on any atom is 0.329 e. The lowest BCUT2D eigenvalue weighted by Crippen LogP contribution is -2.41. The minimum atomic E-state index is -0.730. The van der Waals surface area contributed by atoms with Crippen LogP contribution in [0, 0.1) is 6.92 Å². The first kappa shape index (κ1) is 17.6. The van der Waals surface area contributed by atoms with Gasteiger partial charge in [0.25, 0.3) is 0 Å². The van der Waals surface area contributed by atoms with Gasteiger partial charge in [-0.05, 0) is 31.9 Å². The van der Waals surface area contributed by atoms with Gasteiger partial charge in [-0.1, -0.05) is 30.5 Å². The predicted octanol–water partition coefficient (Wildman–Crippen LogP) is 2.44. The first-order chi connectivity index (χ1) is 12.1. The summed E-state index contributed by atoms with van der Waals surface area (Å²) in [7, 11) is 0. The molecule has 0 spiro atoms. The lowest BCUT2D eigenvalue weighted by molar-refractivity contribution is -0.136. The number of rotatable bonds is 3. The van der Waals surface area contributed by atoms with Crippen LogP contribution in [0.2, 0.25) is 0 Å². The van der Waals surface area contributed by atoms with Gasteiger partial charge < -0.3 is 5.32 Å². The largest absolute Gasteiger partial charge is 0.329 e. The number of carbonyl (C=O) groups excluding carboxylic acids is 2. The minimum absolute atomic E-state index is 0.600. The summed E-state index contributed by atoms with van der Waals surface area (Å²) >= 11 is 0. The summed E-state index contributed by atoms with van der Waals surface area (Å²) in [4.78, 5) is 26.3. The lowest BCUT2D eigenvalue weighted by atomic mass is 10.1. The summed E-state index contributed by atoms with van der Waals surface area (Å²) in [6, 6.07) is 8.03. The van der Waals surface area contributed by atoms with Gasteiger partial charge >= 0.3 is 11.8 Å². The van der Waals surface area contributed by atoms with Gasteiger partial charge in [-0.15, -0.1) is 0 Å². The van der Waals surface area contributed by atoms with E-state index in [9.17, 15) is 9.59 Å². The van der Waals surface area contributed by atoms with E-state index in [0.717, 1.165) is 43.2 Å². The van der Waals surface area contributed by atoms with E-state index in [0.29, 0.717) is 5.69 Å². The Kier molecular flexibility index (Phi) is 5.81. The Balaban J connectivity index is 1.44. The molecule has 2 fully saturated rings. The van der Waals surface area contributed by atoms with E-state index in [4.69, 9.17) is 0 Å².